The summed E-state index contributed by atoms with van der Waals surface area (Å²) in [6, 6.07) is 11.4. The lowest BCUT2D eigenvalue weighted by atomic mass is 9.95. The molecule has 35 heavy (non-hydrogen) atoms. The van der Waals surface area contributed by atoms with Crippen molar-refractivity contribution in [2.45, 2.75) is 49.5 Å². The highest BCUT2D eigenvalue weighted by Crippen LogP contribution is 2.34. The van der Waals surface area contributed by atoms with Gasteiger partial charge in [0.15, 0.2) is 11.5 Å². The number of hydrogen-bond donors (Lipinski definition) is 2. The standard InChI is InChI=1S/C25H29N3O6S/c29-24(26-20-8-9-22-23(15-20)34-16-33-22)17-10-12-28(13-11-17)25(30)18-4-3-7-21(14-18)35(31,32)27-19-5-1-2-6-19/h3-4,7-9,14-15,17,19,27H,1-2,5-6,10-13,16H2,(H,26,29). The summed E-state index contributed by atoms with van der Waals surface area (Å²) in [5.41, 5.74) is 0.976. The third kappa shape index (κ3) is 5.28. The summed E-state index contributed by atoms with van der Waals surface area (Å²) in [4.78, 5) is 27.6. The van der Waals surface area contributed by atoms with Gasteiger partial charge in [0.2, 0.25) is 22.7 Å². The van der Waals surface area contributed by atoms with Crippen LogP contribution in [0.25, 0.3) is 0 Å². The summed E-state index contributed by atoms with van der Waals surface area (Å²) >= 11 is 0. The van der Waals surface area contributed by atoms with Crippen LogP contribution in [-0.2, 0) is 14.8 Å². The number of likely N-dealkylation sites (tertiary alicyclic amines) is 1. The average molecular weight is 500 g/mol. The molecule has 3 aliphatic rings. The SMILES string of the molecule is O=C(Nc1ccc2c(c1)OCO2)C1CCN(C(=O)c2cccc(S(=O)(=O)NC3CCCC3)c2)CC1. The molecule has 1 aliphatic carbocycles. The maximum atomic E-state index is 13.1. The van der Waals surface area contributed by atoms with E-state index in [1.54, 1.807) is 35.2 Å². The first-order chi connectivity index (χ1) is 16.9. The van der Waals surface area contributed by atoms with E-state index in [1.807, 2.05) is 0 Å². The van der Waals surface area contributed by atoms with E-state index in [4.69, 9.17) is 9.47 Å². The Labute approximate surface area is 204 Å². The molecule has 2 fully saturated rings. The summed E-state index contributed by atoms with van der Waals surface area (Å²) in [7, 11) is -3.67. The zero-order chi connectivity index (χ0) is 24.4. The van der Waals surface area contributed by atoms with Gasteiger partial charge in [-0.25, -0.2) is 13.1 Å². The van der Waals surface area contributed by atoms with E-state index in [0.29, 0.717) is 48.7 Å². The number of hydrogen-bond acceptors (Lipinski definition) is 6. The highest BCUT2D eigenvalue weighted by atomic mass is 32.2. The lowest BCUT2D eigenvalue weighted by Crippen LogP contribution is -2.41. The number of piperidine rings is 1. The molecular formula is C25H29N3O6S. The molecule has 0 atom stereocenters. The largest absolute Gasteiger partial charge is 0.454 e. The molecule has 0 bridgehead atoms. The minimum atomic E-state index is -3.67. The van der Waals surface area contributed by atoms with Crippen LogP contribution in [0.5, 0.6) is 11.5 Å². The number of anilines is 1. The number of carbonyl (C=O) groups excluding carboxylic acids is 2. The molecule has 186 valence electrons. The molecule has 5 rings (SSSR count). The Hall–Kier alpha value is -3.11. The molecule has 10 heteroatoms. The molecule has 0 aromatic heterocycles. The van der Waals surface area contributed by atoms with Crippen molar-refractivity contribution in [2.24, 2.45) is 5.92 Å². The molecule has 1 saturated carbocycles. The molecule has 2 amide bonds. The summed E-state index contributed by atoms with van der Waals surface area (Å²) in [5.74, 6) is 0.721. The van der Waals surface area contributed by atoms with Gasteiger partial charge < -0.3 is 19.7 Å². The van der Waals surface area contributed by atoms with Crippen molar-refractivity contribution in [1.82, 2.24) is 9.62 Å². The Morgan fingerprint density at radius 1 is 0.914 bits per heavy atom. The Bertz CT molecular complexity index is 1220. The van der Waals surface area contributed by atoms with E-state index < -0.39 is 10.0 Å². The van der Waals surface area contributed by atoms with Gasteiger partial charge in [0.05, 0.1) is 4.90 Å². The number of nitrogens with one attached hydrogen (secondary N) is 2. The van der Waals surface area contributed by atoms with Crippen LogP contribution in [0.2, 0.25) is 0 Å². The number of carbonyl (C=O) groups is 2. The van der Waals surface area contributed by atoms with Crippen LogP contribution in [0.15, 0.2) is 47.4 Å². The second-order valence-corrected chi connectivity index (χ2v) is 11.0. The third-order valence-corrected chi connectivity index (χ3v) is 8.38. The molecule has 0 unspecified atom stereocenters. The average Bonchev–Trinajstić information content (AvgIpc) is 3.55. The number of ether oxygens (including phenoxy) is 2. The second kappa shape index (κ2) is 9.87. The Morgan fingerprint density at radius 2 is 1.66 bits per heavy atom. The van der Waals surface area contributed by atoms with Crippen LogP contribution < -0.4 is 19.5 Å². The molecule has 2 heterocycles. The topological polar surface area (TPSA) is 114 Å². The number of nitrogens with zero attached hydrogens (tertiary/aromatic N) is 1. The predicted molar refractivity (Wildman–Crippen MR) is 129 cm³/mol. The van der Waals surface area contributed by atoms with Crippen LogP contribution in [0.3, 0.4) is 0 Å². The van der Waals surface area contributed by atoms with Gasteiger partial charge in [-0.3, -0.25) is 9.59 Å². The number of sulfonamides is 1. The minimum absolute atomic E-state index is 0.0396. The predicted octanol–water partition coefficient (Wildman–Crippen LogP) is 3.13. The Kier molecular flexibility index (Phi) is 6.66. The normalized spacial score (nSPS) is 18.6. The summed E-state index contributed by atoms with van der Waals surface area (Å²) in [6.07, 6.45) is 4.80. The van der Waals surface area contributed by atoms with Crippen LogP contribution in [0.4, 0.5) is 5.69 Å². The zero-order valence-corrected chi connectivity index (χ0v) is 20.2. The van der Waals surface area contributed by atoms with Crippen molar-refractivity contribution in [1.29, 1.82) is 0 Å². The lowest BCUT2D eigenvalue weighted by Gasteiger charge is -2.31. The van der Waals surface area contributed by atoms with Gasteiger partial charge in [0.1, 0.15) is 0 Å². The summed E-state index contributed by atoms with van der Waals surface area (Å²) < 4.78 is 38.9. The smallest absolute Gasteiger partial charge is 0.253 e. The molecule has 2 N–H and O–H groups in total. The van der Waals surface area contributed by atoms with Crippen LogP contribution in [-0.4, -0.2) is 51.1 Å². The van der Waals surface area contributed by atoms with Crippen molar-refractivity contribution in [2.75, 3.05) is 25.2 Å². The van der Waals surface area contributed by atoms with Crippen molar-refractivity contribution < 1.29 is 27.5 Å². The fourth-order valence-corrected chi connectivity index (χ4v) is 6.22. The van der Waals surface area contributed by atoms with Gasteiger partial charge in [-0.15, -0.1) is 0 Å². The maximum Gasteiger partial charge on any atom is 0.253 e. The number of fused-ring (bicyclic) bond motifs is 1. The summed E-state index contributed by atoms with van der Waals surface area (Å²) in [6.45, 7) is 1.02. The lowest BCUT2D eigenvalue weighted by molar-refractivity contribution is -0.121. The van der Waals surface area contributed by atoms with Gasteiger partial charge in [-0.2, -0.15) is 0 Å². The van der Waals surface area contributed by atoms with Crippen molar-refractivity contribution in [3.05, 3.63) is 48.0 Å². The van der Waals surface area contributed by atoms with E-state index in [1.165, 1.54) is 12.1 Å². The van der Waals surface area contributed by atoms with Gasteiger partial charge >= 0.3 is 0 Å². The first kappa shape index (κ1) is 23.6. The van der Waals surface area contributed by atoms with Gasteiger partial charge in [-0.1, -0.05) is 18.9 Å². The first-order valence-electron chi connectivity index (χ1n) is 12.0. The van der Waals surface area contributed by atoms with E-state index in [9.17, 15) is 18.0 Å². The molecule has 9 nitrogen and oxygen atoms in total. The third-order valence-electron chi connectivity index (χ3n) is 6.86. The zero-order valence-electron chi connectivity index (χ0n) is 19.4. The van der Waals surface area contributed by atoms with Crippen LogP contribution in [0, 0.1) is 5.92 Å². The number of amides is 2. The molecule has 1 saturated heterocycles. The molecule has 0 spiro atoms. The molecule has 2 aromatic rings. The van der Waals surface area contributed by atoms with Gasteiger partial charge in [-0.05, 0) is 56.0 Å². The van der Waals surface area contributed by atoms with Crippen molar-refractivity contribution in [3.8, 4) is 11.5 Å². The minimum Gasteiger partial charge on any atom is -0.454 e. The van der Waals surface area contributed by atoms with Crippen LogP contribution >= 0.6 is 0 Å². The second-order valence-electron chi connectivity index (χ2n) is 9.25. The van der Waals surface area contributed by atoms with Gasteiger partial charge in [0, 0.05) is 42.4 Å². The highest BCUT2D eigenvalue weighted by molar-refractivity contribution is 7.89. The highest BCUT2D eigenvalue weighted by Gasteiger charge is 2.29. The van der Waals surface area contributed by atoms with Crippen LogP contribution in [0.1, 0.15) is 48.9 Å². The van der Waals surface area contributed by atoms with E-state index in [-0.39, 0.29) is 35.5 Å². The fraction of sp³-hybridized carbons (Fsp3) is 0.440. The molecular weight excluding hydrogens is 470 g/mol. The number of benzene rings is 2. The van der Waals surface area contributed by atoms with Crippen molar-refractivity contribution >= 4 is 27.5 Å². The van der Waals surface area contributed by atoms with Gasteiger partial charge in [0.25, 0.3) is 5.91 Å². The molecule has 2 aromatic carbocycles. The van der Waals surface area contributed by atoms with E-state index >= 15 is 0 Å². The fourth-order valence-electron chi connectivity index (χ4n) is 4.87. The quantitative estimate of drug-likeness (QED) is 0.631. The van der Waals surface area contributed by atoms with E-state index in [2.05, 4.69) is 10.0 Å². The first-order valence-corrected chi connectivity index (χ1v) is 13.5. The Morgan fingerprint density at radius 3 is 2.43 bits per heavy atom. The molecule has 2 aliphatic heterocycles. The van der Waals surface area contributed by atoms with Crippen molar-refractivity contribution in [3.63, 3.8) is 0 Å². The molecule has 0 radical (unpaired) electrons. The number of rotatable bonds is 6. The Balaban J connectivity index is 1.17. The maximum absolute atomic E-state index is 13.1. The van der Waals surface area contributed by atoms with E-state index in [0.717, 1.165) is 25.7 Å². The summed E-state index contributed by atoms with van der Waals surface area (Å²) in [5, 5.41) is 2.92. The monoisotopic (exact) mass is 499 g/mol.